The van der Waals surface area contributed by atoms with Gasteiger partial charge in [-0.05, 0) is 35.5 Å². The summed E-state index contributed by atoms with van der Waals surface area (Å²) in [6, 6.07) is 8.31. The summed E-state index contributed by atoms with van der Waals surface area (Å²) in [4.78, 5) is 0. The zero-order valence-electron chi connectivity index (χ0n) is 9.94. The molecule has 0 saturated heterocycles. The summed E-state index contributed by atoms with van der Waals surface area (Å²) < 4.78 is 0. The fourth-order valence-corrected chi connectivity index (χ4v) is 1.90. The summed E-state index contributed by atoms with van der Waals surface area (Å²) in [7, 11) is 0. The molecule has 1 aromatic carbocycles. The van der Waals surface area contributed by atoms with E-state index in [-0.39, 0.29) is 6.10 Å². The second-order valence-corrected chi connectivity index (χ2v) is 4.90. The molecule has 2 heteroatoms. The molecule has 0 aliphatic rings. The zero-order valence-corrected chi connectivity index (χ0v) is 10.8. The van der Waals surface area contributed by atoms with E-state index in [0.29, 0.717) is 0 Å². The van der Waals surface area contributed by atoms with Crippen molar-refractivity contribution in [2.24, 2.45) is 0 Å². The van der Waals surface area contributed by atoms with Gasteiger partial charge < -0.3 is 5.11 Å². The molecular formula is C14H19OS. The Morgan fingerprint density at radius 3 is 2.94 bits per heavy atom. The maximum absolute atomic E-state index is 9.41. The van der Waals surface area contributed by atoms with Crippen molar-refractivity contribution in [3.8, 4) is 0 Å². The number of hydrogen-bond acceptors (Lipinski definition) is 2. The van der Waals surface area contributed by atoms with Crippen LogP contribution >= 0.6 is 11.8 Å². The molecule has 0 saturated carbocycles. The Morgan fingerprint density at radius 2 is 2.25 bits per heavy atom. The largest absolute Gasteiger partial charge is 0.389 e. The molecule has 0 spiro atoms. The first kappa shape index (κ1) is 13.3. The van der Waals surface area contributed by atoms with Crippen LogP contribution in [0.4, 0.5) is 0 Å². The van der Waals surface area contributed by atoms with Crippen LogP contribution in [-0.2, 0) is 5.75 Å². The lowest BCUT2D eigenvalue weighted by atomic mass is 10.1. The Hall–Kier alpha value is -0.730. The van der Waals surface area contributed by atoms with Gasteiger partial charge >= 0.3 is 0 Å². The van der Waals surface area contributed by atoms with Gasteiger partial charge in [-0.2, -0.15) is 11.8 Å². The molecule has 0 heterocycles. The molecule has 87 valence electrons. The smallest absolute Gasteiger partial charge is 0.0727 e. The van der Waals surface area contributed by atoms with Gasteiger partial charge in [0.1, 0.15) is 0 Å². The van der Waals surface area contributed by atoms with Gasteiger partial charge in [0.25, 0.3) is 0 Å². The van der Waals surface area contributed by atoms with Gasteiger partial charge in [0.15, 0.2) is 0 Å². The molecule has 1 aromatic rings. The minimum Gasteiger partial charge on any atom is -0.389 e. The van der Waals surface area contributed by atoms with Gasteiger partial charge in [0, 0.05) is 5.75 Å². The molecule has 16 heavy (non-hydrogen) atoms. The predicted octanol–water partition coefficient (Wildman–Crippen LogP) is 3.42. The first-order valence-corrected chi connectivity index (χ1v) is 6.86. The van der Waals surface area contributed by atoms with E-state index in [9.17, 15) is 5.11 Å². The number of aliphatic hydroxyl groups is 1. The maximum Gasteiger partial charge on any atom is 0.0727 e. The average Bonchev–Trinajstić information content (AvgIpc) is 2.34. The molecule has 0 amide bonds. The number of aliphatic hydroxyl groups excluding tert-OH is 1. The topological polar surface area (TPSA) is 20.2 Å². The number of benzene rings is 1. The van der Waals surface area contributed by atoms with Gasteiger partial charge in [-0.3, -0.25) is 0 Å². The third kappa shape index (κ3) is 4.86. The highest BCUT2D eigenvalue weighted by Crippen LogP contribution is 2.13. The Labute approximate surface area is 103 Å². The third-order valence-electron chi connectivity index (χ3n) is 2.26. The SMILES string of the molecule is CCSCc1cccc(/[C]=C/C(O)CC)c1. The summed E-state index contributed by atoms with van der Waals surface area (Å²) in [5.41, 5.74) is 2.36. The Kier molecular flexibility index (Phi) is 6.27. The van der Waals surface area contributed by atoms with Crippen molar-refractivity contribution in [3.05, 3.63) is 47.5 Å². The number of rotatable bonds is 6. The molecule has 0 aliphatic carbocycles. The third-order valence-corrected chi connectivity index (χ3v) is 3.21. The molecule has 0 aromatic heterocycles. The molecule has 1 rings (SSSR count). The molecule has 0 bridgehead atoms. The fraction of sp³-hybridized carbons (Fsp3) is 0.429. The number of thioether (sulfide) groups is 1. The van der Waals surface area contributed by atoms with E-state index in [1.807, 2.05) is 30.8 Å². The van der Waals surface area contributed by atoms with Gasteiger partial charge in [0.2, 0.25) is 0 Å². The lowest BCUT2D eigenvalue weighted by Gasteiger charge is -2.02. The van der Waals surface area contributed by atoms with Crippen LogP contribution in [0.2, 0.25) is 0 Å². The molecule has 1 nitrogen and oxygen atoms in total. The van der Waals surface area contributed by atoms with Crippen LogP contribution in [0.25, 0.3) is 0 Å². The highest BCUT2D eigenvalue weighted by atomic mass is 32.2. The van der Waals surface area contributed by atoms with Crippen molar-refractivity contribution >= 4 is 11.8 Å². The lowest BCUT2D eigenvalue weighted by Crippen LogP contribution is -1.98. The van der Waals surface area contributed by atoms with E-state index in [2.05, 4.69) is 25.1 Å². The van der Waals surface area contributed by atoms with Crippen molar-refractivity contribution in [3.63, 3.8) is 0 Å². The van der Waals surface area contributed by atoms with Gasteiger partial charge in [-0.1, -0.05) is 38.1 Å². The minimum absolute atomic E-state index is 0.381. The summed E-state index contributed by atoms with van der Waals surface area (Å²) in [5, 5.41) is 9.41. The first-order chi connectivity index (χ1) is 7.76. The zero-order chi connectivity index (χ0) is 11.8. The van der Waals surface area contributed by atoms with E-state index >= 15 is 0 Å². The van der Waals surface area contributed by atoms with Crippen LogP contribution in [-0.4, -0.2) is 17.0 Å². The highest BCUT2D eigenvalue weighted by Gasteiger charge is 1.96. The highest BCUT2D eigenvalue weighted by molar-refractivity contribution is 7.98. The normalized spacial score (nSPS) is 13.2. The average molecular weight is 235 g/mol. The Morgan fingerprint density at radius 1 is 1.44 bits per heavy atom. The van der Waals surface area contributed by atoms with Crippen LogP contribution in [0.5, 0.6) is 0 Å². The van der Waals surface area contributed by atoms with Crippen LogP contribution in [0.15, 0.2) is 30.3 Å². The first-order valence-electron chi connectivity index (χ1n) is 5.70. The second kappa shape index (κ2) is 7.53. The summed E-state index contributed by atoms with van der Waals surface area (Å²) in [6.45, 7) is 4.12. The van der Waals surface area contributed by atoms with E-state index in [0.717, 1.165) is 23.5 Å². The second-order valence-electron chi connectivity index (χ2n) is 3.62. The predicted molar refractivity (Wildman–Crippen MR) is 71.5 cm³/mol. The van der Waals surface area contributed by atoms with Gasteiger partial charge in [-0.15, -0.1) is 0 Å². The molecule has 0 fully saturated rings. The van der Waals surface area contributed by atoms with Crippen molar-refractivity contribution in [1.82, 2.24) is 0 Å². The Balaban J connectivity index is 2.63. The van der Waals surface area contributed by atoms with Gasteiger partial charge in [0.05, 0.1) is 6.10 Å². The van der Waals surface area contributed by atoms with Crippen molar-refractivity contribution in [2.45, 2.75) is 32.1 Å². The van der Waals surface area contributed by atoms with E-state index in [1.54, 1.807) is 6.08 Å². The molecule has 1 atom stereocenters. The van der Waals surface area contributed by atoms with Crippen molar-refractivity contribution in [2.75, 3.05) is 5.75 Å². The standard InChI is InChI=1S/C14H19OS/c1-3-14(15)9-8-12-6-5-7-13(10-12)11-16-4-2/h5-7,9-10,14-15H,3-4,11H2,1-2H3. The molecule has 1 unspecified atom stereocenters. The summed E-state index contributed by atoms with van der Waals surface area (Å²) in [5.74, 6) is 2.18. The van der Waals surface area contributed by atoms with Crippen molar-refractivity contribution in [1.29, 1.82) is 0 Å². The Bertz CT molecular complexity index is 333. The van der Waals surface area contributed by atoms with Gasteiger partial charge in [-0.25, -0.2) is 0 Å². The van der Waals surface area contributed by atoms with E-state index < -0.39 is 0 Å². The number of hydrogen-bond donors (Lipinski definition) is 1. The molecule has 1 radical (unpaired) electrons. The van der Waals surface area contributed by atoms with E-state index in [4.69, 9.17) is 0 Å². The van der Waals surface area contributed by atoms with Crippen LogP contribution in [0, 0.1) is 6.08 Å². The van der Waals surface area contributed by atoms with Crippen molar-refractivity contribution < 1.29 is 5.11 Å². The minimum atomic E-state index is -0.381. The van der Waals surface area contributed by atoms with Crippen LogP contribution in [0.1, 0.15) is 31.4 Å². The fourth-order valence-electron chi connectivity index (χ4n) is 1.28. The van der Waals surface area contributed by atoms with E-state index in [1.165, 1.54) is 5.56 Å². The summed E-state index contributed by atoms with van der Waals surface area (Å²) in [6.07, 6.45) is 5.21. The molecule has 0 aliphatic heterocycles. The van der Waals surface area contributed by atoms with Crippen LogP contribution < -0.4 is 0 Å². The van der Waals surface area contributed by atoms with Crippen LogP contribution in [0.3, 0.4) is 0 Å². The molecule has 1 N–H and O–H groups in total. The monoisotopic (exact) mass is 235 g/mol. The molecular weight excluding hydrogens is 216 g/mol. The summed E-state index contributed by atoms with van der Waals surface area (Å²) >= 11 is 1.91. The quantitative estimate of drug-likeness (QED) is 0.815. The maximum atomic E-state index is 9.41. The lowest BCUT2D eigenvalue weighted by molar-refractivity contribution is 0.218.